The van der Waals surface area contributed by atoms with Crippen molar-refractivity contribution in [1.82, 2.24) is 0 Å². The molecule has 2 aromatic carbocycles. The van der Waals surface area contributed by atoms with Gasteiger partial charge in [-0.2, -0.15) is 0 Å². The molecule has 0 aliphatic rings. The molecule has 2 nitrogen and oxygen atoms in total. The van der Waals surface area contributed by atoms with Crippen LogP contribution in [0.3, 0.4) is 0 Å². The van der Waals surface area contributed by atoms with Gasteiger partial charge in [-0.15, -0.1) is 11.6 Å². The quantitative estimate of drug-likeness (QED) is 0.758. The number of para-hydroxylation sites is 1. The van der Waals surface area contributed by atoms with E-state index in [-0.39, 0.29) is 18.2 Å². The highest BCUT2D eigenvalue weighted by Crippen LogP contribution is 2.27. The molecule has 2 rings (SSSR count). The van der Waals surface area contributed by atoms with Crippen molar-refractivity contribution in [2.24, 2.45) is 0 Å². The van der Waals surface area contributed by atoms with E-state index in [1.807, 2.05) is 25.1 Å². The molecule has 0 bridgehead atoms. The standard InChI is InChI=1S/C16H16ClFO2/c1-11-6-7-15(19-2)13(8-11)10-20-16-12(9-17)4-3-5-14(16)18/h3-8H,9-10H2,1-2H3. The molecule has 0 aliphatic carbocycles. The SMILES string of the molecule is COc1ccc(C)cc1COc1c(F)cccc1CCl. The predicted molar refractivity (Wildman–Crippen MR) is 78.0 cm³/mol. The van der Waals surface area contributed by atoms with Gasteiger partial charge in [0.2, 0.25) is 0 Å². The molecule has 0 N–H and O–H groups in total. The summed E-state index contributed by atoms with van der Waals surface area (Å²) in [7, 11) is 1.60. The van der Waals surface area contributed by atoms with Gasteiger partial charge in [0, 0.05) is 11.1 Å². The van der Waals surface area contributed by atoms with E-state index in [2.05, 4.69) is 0 Å². The molecule has 2 aromatic rings. The Morgan fingerprint density at radius 2 is 1.95 bits per heavy atom. The van der Waals surface area contributed by atoms with Gasteiger partial charge < -0.3 is 9.47 Å². The maximum atomic E-state index is 13.8. The zero-order chi connectivity index (χ0) is 14.5. The second-order valence-electron chi connectivity index (χ2n) is 4.47. The fourth-order valence-corrected chi connectivity index (χ4v) is 2.20. The van der Waals surface area contributed by atoms with Crippen LogP contribution >= 0.6 is 11.6 Å². The Balaban J connectivity index is 2.23. The first-order chi connectivity index (χ1) is 9.65. The normalized spacial score (nSPS) is 10.4. The highest BCUT2D eigenvalue weighted by atomic mass is 35.5. The molecule has 0 radical (unpaired) electrons. The lowest BCUT2D eigenvalue weighted by molar-refractivity contribution is 0.280. The third kappa shape index (κ3) is 3.23. The van der Waals surface area contributed by atoms with Crippen molar-refractivity contribution in [3.8, 4) is 11.5 Å². The number of hydrogen-bond acceptors (Lipinski definition) is 2. The van der Waals surface area contributed by atoms with Gasteiger partial charge in [0.1, 0.15) is 12.4 Å². The first-order valence-electron chi connectivity index (χ1n) is 6.25. The minimum Gasteiger partial charge on any atom is -0.496 e. The lowest BCUT2D eigenvalue weighted by atomic mass is 10.1. The summed E-state index contributed by atoms with van der Waals surface area (Å²) >= 11 is 5.80. The minimum atomic E-state index is -0.408. The highest BCUT2D eigenvalue weighted by Gasteiger charge is 2.11. The molecule has 20 heavy (non-hydrogen) atoms. The van der Waals surface area contributed by atoms with Gasteiger partial charge in [-0.3, -0.25) is 0 Å². The Labute approximate surface area is 123 Å². The monoisotopic (exact) mass is 294 g/mol. The van der Waals surface area contributed by atoms with E-state index in [9.17, 15) is 4.39 Å². The number of ether oxygens (including phenoxy) is 2. The summed E-state index contributed by atoms with van der Waals surface area (Å²) in [5, 5.41) is 0. The second-order valence-corrected chi connectivity index (χ2v) is 4.73. The molecule has 0 fully saturated rings. The largest absolute Gasteiger partial charge is 0.496 e. The Morgan fingerprint density at radius 1 is 1.15 bits per heavy atom. The Bertz CT molecular complexity index is 599. The maximum Gasteiger partial charge on any atom is 0.165 e. The van der Waals surface area contributed by atoms with Crippen LogP contribution < -0.4 is 9.47 Å². The van der Waals surface area contributed by atoms with Crippen LogP contribution in [0.15, 0.2) is 36.4 Å². The van der Waals surface area contributed by atoms with Crippen molar-refractivity contribution in [2.45, 2.75) is 19.4 Å². The van der Waals surface area contributed by atoms with Crippen LogP contribution in [0.25, 0.3) is 0 Å². The van der Waals surface area contributed by atoms with E-state index in [4.69, 9.17) is 21.1 Å². The average Bonchev–Trinajstić information content (AvgIpc) is 2.46. The molecule has 0 spiro atoms. The van der Waals surface area contributed by atoms with Gasteiger partial charge in [-0.1, -0.05) is 23.8 Å². The first-order valence-corrected chi connectivity index (χ1v) is 6.79. The van der Waals surface area contributed by atoms with E-state index in [0.29, 0.717) is 5.56 Å². The fraction of sp³-hybridized carbons (Fsp3) is 0.250. The van der Waals surface area contributed by atoms with Crippen molar-refractivity contribution in [2.75, 3.05) is 7.11 Å². The van der Waals surface area contributed by atoms with Crippen molar-refractivity contribution < 1.29 is 13.9 Å². The second kappa shape index (κ2) is 6.62. The van der Waals surface area contributed by atoms with Crippen LogP contribution in [0.2, 0.25) is 0 Å². The molecule has 0 saturated carbocycles. The first kappa shape index (κ1) is 14.7. The molecule has 0 aromatic heterocycles. The van der Waals surface area contributed by atoms with Crippen molar-refractivity contribution >= 4 is 11.6 Å². The van der Waals surface area contributed by atoms with Gasteiger partial charge in [-0.25, -0.2) is 4.39 Å². The number of alkyl halides is 1. The van der Waals surface area contributed by atoms with E-state index in [0.717, 1.165) is 16.9 Å². The summed E-state index contributed by atoms with van der Waals surface area (Å²) < 4.78 is 24.7. The van der Waals surface area contributed by atoms with Gasteiger partial charge in [-0.05, 0) is 25.1 Å². The van der Waals surface area contributed by atoms with E-state index >= 15 is 0 Å². The number of methoxy groups -OCH3 is 1. The predicted octanol–water partition coefficient (Wildman–Crippen LogP) is 4.46. The van der Waals surface area contributed by atoms with Crippen LogP contribution in [0.4, 0.5) is 4.39 Å². The lowest BCUT2D eigenvalue weighted by Crippen LogP contribution is -2.02. The number of aryl methyl sites for hydroxylation is 1. The Kier molecular flexibility index (Phi) is 4.85. The van der Waals surface area contributed by atoms with Gasteiger partial charge in [0.05, 0.1) is 13.0 Å². The highest BCUT2D eigenvalue weighted by molar-refractivity contribution is 6.17. The maximum absolute atomic E-state index is 13.8. The summed E-state index contributed by atoms with van der Waals surface area (Å²) in [6.45, 7) is 2.21. The van der Waals surface area contributed by atoms with Gasteiger partial charge in [0.25, 0.3) is 0 Å². The molecule has 0 aliphatic heterocycles. The Hall–Kier alpha value is -1.74. The van der Waals surface area contributed by atoms with Crippen LogP contribution in [0.5, 0.6) is 11.5 Å². The molecule has 0 atom stereocenters. The number of hydrogen-bond donors (Lipinski definition) is 0. The third-order valence-corrected chi connectivity index (χ3v) is 3.29. The van der Waals surface area contributed by atoms with E-state index in [1.54, 1.807) is 19.2 Å². The minimum absolute atomic E-state index is 0.200. The number of halogens is 2. The smallest absolute Gasteiger partial charge is 0.165 e. The number of benzene rings is 2. The zero-order valence-corrected chi connectivity index (χ0v) is 12.2. The van der Waals surface area contributed by atoms with Crippen LogP contribution in [-0.4, -0.2) is 7.11 Å². The van der Waals surface area contributed by atoms with Crippen LogP contribution in [-0.2, 0) is 12.5 Å². The summed E-state index contributed by atoms with van der Waals surface area (Å²) in [4.78, 5) is 0. The summed E-state index contributed by atoms with van der Waals surface area (Å²) in [5.41, 5.74) is 2.60. The Morgan fingerprint density at radius 3 is 2.65 bits per heavy atom. The molecule has 0 unspecified atom stereocenters. The summed E-state index contributed by atoms with van der Waals surface area (Å²) in [6.07, 6.45) is 0. The van der Waals surface area contributed by atoms with Gasteiger partial charge in [0.15, 0.2) is 11.6 Å². The molecule has 0 heterocycles. The number of rotatable bonds is 5. The molecular weight excluding hydrogens is 279 g/mol. The third-order valence-electron chi connectivity index (χ3n) is 3.00. The van der Waals surface area contributed by atoms with Crippen molar-refractivity contribution in [3.63, 3.8) is 0 Å². The average molecular weight is 295 g/mol. The fourth-order valence-electron chi connectivity index (χ4n) is 1.99. The topological polar surface area (TPSA) is 18.5 Å². The molecular formula is C16H16ClFO2. The van der Waals surface area contributed by atoms with E-state index in [1.165, 1.54) is 6.07 Å². The van der Waals surface area contributed by atoms with E-state index < -0.39 is 5.82 Å². The zero-order valence-electron chi connectivity index (χ0n) is 11.5. The summed E-state index contributed by atoms with van der Waals surface area (Å²) in [5.74, 6) is 0.720. The summed E-state index contributed by atoms with van der Waals surface area (Å²) in [6, 6.07) is 10.5. The lowest BCUT2D eigenvalue weighted by Gasteiger charge is -2.13. The van der Waals surface area contributed by atoms with Crippen molar-refractivity contribution in [1.29, 1.82) is 0 Å². The molecule has 106 valence electrons. The van der Waals surface area contributed by atoms with Crippen molar-refractivity contribution in [3.05, 3.63) is 58.9 Å². The van der Waals surface area contributed by atoms with Gasteiger partial charge >= 0.3 is 0 Å². The molecule has 0 amide bonds. The van der Waals surface area contributed by atoms with Crippen LogP contribution in [0.1, 0.15) is 16.7 Å². The molecule has 4 heteroatoms. The van der Waals surface area contributed by atoms with Crippen LogP contribution in [0, 0.1) is 12.7 Å². The molecule has 0 saturated heterocycles.